The third-order valence-corrected chi connectivity index (χ3v) is 3.89. The highest BCUT2D eigenvalue weighted by atomic mass is 16.5. The zero-order valence-electron chi connectivity index (χ0n) is 13.1. The summed E-state index contributed by atoms with van der Waals surface area (Å²) >= 11 is 0. The minimum atomic E-state index is -0.706. The maximum atomic E-state index is 11.8. The number of imide groups is 1. The molecule has 0 spiro atoms. The Labute approximate surface area is 134 Å². The second-order valence-electron chi connectivity index (χ2n) is 5.68. The minimum absolute atomic E-state index is 0.0765. The van der Waals surface area contributed by atoms with Crippen molar-refractivity contribution in [2.24, 2.45) is 5.92 Å². The lowest BCUT2D eigenvalue weighted by Gasteiger charge is -2.29. The number of carbonyl (C=O) groups is 3. The Balaban J connectivity index is 1.71. The fourth-order valence-corrected chi connectivity index (χ4v) is 2.59. The van der Waals surface area contributed by atoms with Crippen LogP contribution >= 0.6 is 0 Å². The van der Waals surface area contributed by atoms with Gasteiger partial charge in [-0.15, -0.1) is 0 Å². The van der Waals surface area contributed by atoms with E-state index in [-0.39, 0.29) is 11.7 Å². The van der Waals surface area contributed by atoms with Crippen LogP contribution < -0.4 is 10.6 Å². The smallest absolute Gasteiger partial charge is 0.357 e. The van der Waals surface area contributed by atoms with Crippen molar-refractivity contribution in [1.82, 2.24) is 15.6 Å². The summed E-state index contributed by atoms with van der Waals surface area (Å²) in [6, 6.07) is 4.31. The van der Waals surface area contributed by atoms with Crippen molar-refractivity contribution in [1.29, 1.82) is 0 Å². The van der Waals surface area contributed by atoms with Gasteiger partial charge in [0.2, 0.25) is 0 Å². The molecule has 2 atom stereocenters. The Bertz CT molecular complexity index is 562. The molecule has 0 bridgehead atoms. The molecule has 1 saturated carbocycles. The molecule has 124 valence electrons. The Morgan fingerprint density at radius 2 is 2.04 bits per heavy atom. The predicted octanol–water partition coefficient (Wildman–Crippen LogP) is 1.64. The van der Waals surface area contributed by atoms with Crippen LogP contribution in [0, 0.1) is 5.92 Å². The number of hydrogen-bond donors (Lipinski definition) is 2. The molecule has 0 aromatic carbocycles. The Kier molecular flexibility index (Phi) is 6.08. The van der Waals surface area contributed by atoms with Crippen molar-refractivity contribution in [2.45, 2.75) is 38.6 Å². The van der Waals surface area contributed by atoms with Crippen LogP contribution in [0.5, 0.6) is 0 Å². The van der Waals surface area contributed by atoms with E-state index in [2.05, 4.69) is 22.5 Å². The van der Waals surface area contributed by atoms with E-state index >= 15 is 0 Å². The van der Waals surface area contributed by atoms with Gasteiger partial charge in [-0.3, -0.25) is 10.1 Å². The standard InChI is InChI=1S/C16H21N3O4/c1-11-6-2-3-7-12(11)18-16(22)19-14(20)10-23-15(21)13-8-4-5-9-17-13/h4-5,8-9,11-12H,2-3,6-7,10H2,1H3,(H2,18,19,20,22)/t11-,12-/m1/s1. The number of esters is 1. The number of rotatable bonds is 4. The quantitative estimate of drug-likeness (QED) is 0.822. The summed E-state index contributed by atoms with van der Waals surface area (Å²) in [4.78, 5) is 38.9. The van der Waals surface area contributed by atoms with Gasteiger partial charge in [0.05, 0.1) is 0 Å². The Morgan fingerprint density at radius 3 is 2.74 bits per heavy atom. The molecule has 1 aliphatic carbocycles. The highest BCUT2D eigenvalue weighted by molar-refractivity contribution is 5.96. The number of pyridine rings is 1. The largest absolute Gasteiger partial charge is 0.451 e. The highest BCUT2D eigenvalue weighted by Crippen LogP contribution is 2.23. The molecule has 1 fully saturated rings. The van der Waals surface area contributed by atoms with Gasteiger partial charge in [-0.1, -0.05) is 25.8 Å². The maximum Gasteiger partial charge on any atom is 0.357 e. The van der Waals surface area contributed by atoms with E-state index in [4.69, 9.17) is 4.74 Å². The van der Waals surface area contributed by atoms with E-state index in [0.29, 0.717) is 5.92 Å². The third-order valence-electron chi connectivity index (χ3n) is 3.89. The van der Waals surface area contributed by atoms with Crippen LogP contribution in [-0.4, -0.2) is 35.5 Å². The van der Waals surface area contributed by atoms with Crippen molar-refractivity contribution in [3.05, 3.63) is 30.1 Å². The van der Waals surface area contributed by atoms with Gasteiger partial charge in [0, 0.05) is 12.2 Å². The zero-order chi connectivity index (χ0) is 16.7. The second kappa shape index (κ2) is 8.26. The summed E-state index contributed by atoms with van der Waals surface area (Å²) in [5, 5.41) is 4.96. The second-order valence-corrected chi connectivity index (χ2v) is 5.68. The summed E-state index contributed by atoms with van der Waals surface area (Å²) in [5.74, 6) is -0.983. The molecule has 23 heavy (non-hydrogen) atoms. The Morgan fingerprint density at radius 1 is 1.26 bits per heavy atom. The topological polar surface area (TPSA) is 97.4 Å². The molecule has 0 unspecified atom stereocenters. The van der Waals surface area contributed by atoms with Gasteiger partial charge in [-0.2, -0.15) is 0 Å². The number of amides is 3. The minimum Gasteiger partial charge on any atom is -0.451 e. The van der Waals surface area contributed by atoms with Crippen molar-refractivity contribution in [3.63, 3.8) is 0 Å². The van der Waals surface area contributed by atoms with Gasteiger partial charge < -0.3 is 10.1 Å². The zero-order valence-corrected chi connectivity index (χ0v) is 13.1. The van der Waals surface area contributed by atoms with Gasteiger partial charge in [0.25, 0.3) is 5.91 Å². The first-order chi connectivity index (χ1) is 11.1. The number of aromatic nitrogens is 1. The number of nitrogens with one attached hydrogen (secondary N) is 2. The first kappa shape index (κ1) is 16.9. The summed E-state index contributed by atoms with van der Waals surface area (Å²) in [6.07, 6.45) is 5.68. The van der Waals surface area contributed by atoms with Gasteiger partial charge in [0.1, 0.15) is 5.69 Å². The molecule has 7 nitrogen and oxygen atoms in total. The molecule has 2 rings (SSSR count). The van der Waals surface area contributed by atoms with Gasteiger partial charge in [0.15, 0.2) is 6.61 Å². The summed E-state index contributed by atoms with van der Waals surface area (Å²) < 4.78 is 4.81. The lowest BCUT2D eigenvalue weighted by molar-refractivity contribution is -0.123. The SMILES string of the molecule is C[C@@H]1CCCC[C@H]1NC(=O)NC(=O)COC(=O)c1ccccn1. The first-order valence-corrected chi connectivity index (χ1v) is 7.75. The molecule has 0 saturated heterocycles. The normalized spacial score (nSPS) is 20.4. The Hall–Kier alpha value is -2.44. The number of hydrogen-bond acceptors (Lipinski definition) is 5. The van der Waals surface area contributed by atoms with Crippen molar-refractivity contribution >= 4 is 17.9 Å². The molecule has 0 aliphatic heterocycles. The van der Waals surface area contributed by atoms with Crippen LogP contribution in [0.15, 0.2) is 24.4 Å². The van der Waals surface area contributed by atoms with Crippen LogP contribution in [0.1, 0.15) is 43.1 Å². The van der Waals surface area contributed by atoms with E-state index in [1.807, 2.05) is 0 Å². The van der Waals surface area contributed by atoms with E-state index in [0.717, 1.165) is 19.3 Å². The van der Waals surface area contributed by atoms with E-state index in [1.165, 1.54) is 18.7 Å². The molecule has 0 radical (unpaired) electrons. The molecule has 2 N–H and O–H groups in total. The average molecular weight is 319 g/mol. The van der Waals surface area contributed by atoms with E-state index in [9.17, 15) is 14.4 Å². The van der Waals surface area contributed by atoms with Gasteiger partial charge >= 0.3 is 12.0 Å². The van der Waals surface area contributed by atoms with Crippen LogP contribution in [0.2, 0.25) is 0 Å². The number of ether oxygens (including phenoxy) is 1. The number of carbonyl (C=O) groups excluding carboxylic acids is 3. The van der Waals surface area contributed by atoms with E-state index < -0.39 is 24.5 Å². The van der Waals surface area contributed by atoms with Crippen LogP contribution in [0.3, 0.4) is 0 Å². The average Bonchev–Trinajstić information content (AvgIpc) is 2.55. The molecule has 3 amide bonds. The lowest BCUT2D eigenvalue weighted by atomic mass is 9.86. The predicted molar refractivity (Wildman–Crippen MR) is 82.6 cm³/mol. The number of urea groups is 1. The molecule has 1 heterocycles. The van der Waals surface area contributed by atoms with Crippen molar-refractivity contribution in [3.8, 4) is 0 Å². The summed E-state index contributed by atoms with van der Waals surface area (Å²) in [6.45, 7) is 1.56. The van der Waals surface area contributed by atoms with E-state index in [1.54, 1.807) is 12.1 Å². The van der Waals surface area contributed by atoms with Crippen LogP contribution in [-0.2, 0) is 9.53 Å². The lowest BCUT2D eigenvalue weighted by Crippen LogP contribution is -2.48. The fourth-order valence-electron chi connectivity index (χ4n) is 2.59. The number of nitrogens with zero attached hydrogens (tertiary/aromatic N) is 1. The first-order valence-electron chi connectivity index (χ1n) is 7.75. The van der Waals surface area contributed by atoms with Gasteiger partial charge in [-0.25, -0.2) is 14.6 Å². The molecular weight excluding hydrogens is 298 g/mol. The maximum absolute atomic E-state index is 11.8. The molecule has 1 aliphatic rings. The van der Waals surface area contributed by atoms with Crippen molar-refractivity contribution in [2.75, 3.05) is 6.61 Å². The molecular formula is C16H21N3O4. The monoisotopic (exact) mass is 319 g/mol. The van der Waals surface area contributed by atoms with Crippen LogP contribution in [0.25, 0.3) is 0 Å². The fraction of sp³-hybridized carbons (Fsp3) is 0.500. The van der Waals surface area contributed by atoms with Gasteiger partial charge in [-0.05, 0) is 30.9 Å². The molecule has 7 heteroatoms. The third kappa shape index (κ3) is 5.36. The molecule has 1 aromatic heterocycles. The summed E-state index contributed by atoms with van der Waals surface area (Å²) in [5.41, 5.74) is 0.112. The summed E-state index contributed by atoms with van der Waals surface area (Å²) in [7, 11) is 0. The van der Waals surface area contributed by atoms with Crippen molar-refractivity contribution < 1.29 is 19.1 Å². The van der Waals surface area contributed by atoms with Crippen LogP contribution in [0.4, 0.5) is 4.79 Å². The molecule has 1 aromatic rings. The highest BCUT2D eigenvalue weighted by Gasteiger charge is 2.23.